The van der Waals surface area contributed by atoms with Gasteiger partial charge in [0.15, 0.2) is 0 Å². The molecule has 1 aromatic carbocycles. The molecule has 0 bridgehead atoms. The number of carbonyl (C=O) groups is 1. The smallest absolute Gasteiger partial charge is 0.378 e. The molecule has 0 radical (unpaired) electrons. The van der Waals surface area contributed by atoms with Crippen molar-refractivity contribution >= 4 is 28.4 Å². The Balaban J connectivity index is 1.11. The van der Waals surface area contributed by atoms with Crippen molar-refractivity contribution in [2.45, 2.75) is 37.5 Å². The van der Waals surface area contributed by atoms with E-state index in [1.807, 2.05) is 18.2 Å². The van der Waals surface area contributed by atoms with E-state index < -0.39 is 18.1 Å². The van der Waals surface area contributed by atoms with E-state index in [0.29, 0.717) is 63.6 Å². The van der Waals surface area contributed by atoms with Crippen LogP contribution in [0.1, 0.15) is 19.3 Å². The highest BCUT2D eigenvalue weighted by atomic mass is 19.4. The van der Waals surface area contributed by atoms with Crippen molar-refractivity contribution in [3.8, 4) is 11.3 Å². The standard InChI is InChI=1S/C30H36F3N7O2/c1-2-26(41)40-12-9-23(18-40)38-10-7-21(8-11-38)27(30(31,32)33)36-22-5-3-20(4-6-22)25-17-24-28(37-25)34-19-35-29(24)39-13-15-42-16-14-39/h2-6,17,19,21,23,27,36H,1,7-16,18H2,(H,34,35,37)/t23-,27-/m1/s1. The number of benzene rings is 1. The van der Waals surface area contributed by atoms with Crippen molar-refractivity contribution in [3.05, 3.63) is 49.3 Å². The minimum absolute atomic E-state index is 0.0873. The fourth-order valence-corrected chi connectivity index (χ4v) is 6.49. The summed E-state index contributed by atoms with van der Waals surface area (Å²) in [4.78, 5) is 30.3. The second-order valence-electron chi connectivity index (χ2n) is 11.3. The summed E-state index contributed by atoms with van der Waals surface area (Å²) in [6.07, 6.45) is 0.213. The zero-order valence-corrected chi connectivity index (χ0v) is 23.4. The number of aromatic amines is 1. The Morgan fingerprint density at radius 2 is 1.81 bits per heavy atom. The third kappa shape index (κ3) is 5.96. The molecule has 9 nitrogen and oxygen atoms in total. The maximum absolute atomic E-state index is 14.3. The maximum Gasteiger partial charge on any atom is 0.408 e. The molecule has 0 spiro atoms. The van der Waals surface area contributed by atoms with Crippen molar-refractivity contribution in [3.63, 3.8) is 0 Å². The quantitative estimate of drug-likeness (QED) is 0.401. The predicted molar refractivity (Wildman–Crippen MR) is 155 cm³/mol. The number of likely N-dealkylation sites (tertiary alicyclic amines) is 2. The van der Waals surface area contributed by atoms with Crippen LogP contribution in [0.3, 0.4) is 0 Å². The lowest BCUT2D eigenvalue weighted by atomic mass is 9.88. The molecule has 3 aliphatic rings. The van der Waals surface area contributed by atoms with Gasteiger partial charge in [-0.1, -0.05) is 18.7 Å². The van der Waals surface area contributed by atoms with Gasteiger partial charge >= 0.3 is 6.18 Å². The van der Waals surface area contributed by atoms with E-state index in [0.717, 1.165) is 42.0 Å². The minimum atomic E-state index is -4.38. The SMILES string of the molecule is C=CC(=O)N1CC[C@@H](N2CCC([C@@H](Nc3ccc(-c4cc5c(N6CCOCC6)ncnc5[nH]4)cc3)C(F)(F)F)CC2)C1. The molecule has 3 aromatic rings. The molecular weight excluding hydrogens is 547 g/mol. The number of rotatable bonds is 7. The van der Waals surface area contributed by atoms with Crippen LogP contribution in [0.25, 0.3) is 22.3 Å². The summed E-state index contributed by atoms with van der Waals surface area (Å²) in [6, 6.07) is 7.60. The Morgan fingerprint density at radius 1 is 1.07 bits per heavy atom. The van der Waals surface area contributed by atoms with Gasteiger partial charge in [-0.15, -0.1) is 0 Å². The number of halogens is 3. The van der Waals surface area contributed by atoms with E-state index in [4.69, 9.17) is 4.74 Å². The Bertz CT molecular complexity index is 1400. The predicted octanol–water partition coefficient (Wildman–Crippen LogP) is 4.30. The van der Waals surface area contributed by atoms with Crippen molar-refractivity contribution in [2.75, 3.05) is 62.7 Å². The van der Waals surface area contributed by atoms with E-state index in [1.165, 1.54) is 12.4 Å². The molecule has 0 unspecified atom stereocenters. The molecule has 0 aliphatic carbocycles. The second kappa shape index (κ2) is 11.9. The van der Waals surface area contributed by atoms with Gasteiger partial charge in [0.05, 0.1) is 18.6 Å². The molecule has 224 valence electrons. The number of H-pyrrole nitrogens is 1. The van der Waals surface area contributed by atoms with Gasteiger partial charge in [0.1, 0.15) is 23.8 Å². The molecule has 1 amide bonds. The molecule has 3 aliphatic heterocycles. The van der Waals surface area contributed by atoms with Gasteiger partial charge in [-0.3, -0.25) is 9.69 Å². The van der Waals surface area contributed by atoms with Gasteiger partial charge in [0.2, 0.25) is 5.91 Å². The summed E-state index contributed by atoms with van der Waals surface area (Å²) in [6.45, 7) is 8.80. The van der Waals surface area contributed by atoms with E-state index in [1.54, 1.807) is 17.0 Å². The average Bonchev–Trinajstić information content (AvgIpc) is 3.68. The van der Waals surface area contributed by atoms with Gasteiger partial charge in [-0.05, 0) is 68.1 Å². The van der Waals surface area contributed by atoms with Gasteiger partial charge in [0.25, 0.3) is 0 Å². The number of morpholine rings is 1. The Labute approximate surface area is 242 Å². The third-order valence-corrected chi connectivity index (χ3v) is 8.80. The highest BCUT2D eigenvalue weighted by molar-refractivity contribution is 5.92. The zero-order valence-electron chi connectivity index (χ0n) is 23.4. The molecule has 0 saturated carbocycles. The van der Waals surface area contributed by atoms with Crippen LogP contribution < -0.4 is 10.2 Å². The molecule has 12 heteroatoms. The summed E-state index contributed by atoms with van der Waals surface area (Å²) in [5.41, 5.74) is 2.82. The van der Waals surface area contributed by atoms with Crippen LogP contribution in [0.4, 0.5) is 24.7 Å². The molecule has 42 heavy (non-hydrogen) atoms. The summed E-state index contributed by atoms with van der Waals surface area (Å²) in [5.74, 6) is 0.230. The molecule has 2 N–H and O–H groups in total. The monoisotopic (exact) mass is 583 g/mol. The summed E-state index contributed by atoms with van der Waals surface area (Å²) >= 11 is 0. The number of aromatic nitrogens is 3. The van der Waals surface area contributed by atoms with Gasteiger partial charge < -0.3 is 24.8 Å². The summed E-state index contributed by atoms with van der Waals surface area (Å²) in [5, 5.41) is 3.70. The molecule has 5 heterocycles. The number of anilines is 2. The summed E-state index contributed by atoms with van der Waals surface area (Å²) < 4.78 is 48.2. The van der Waals surface area contributed by atoms with Crippen LogP contribution in [-0.4, -0.2) is 101 Å². The Hall–Kier alpha value is -3.64. The number of amides is 1. The average molecular weight is 584 g/mol. The summed E-state index contributed by atoms with van der Waals surface area (Å²) in [7, 11) is 0. The topological polar surface area (TPSA) is 89.6 Å². The molecule has 2 aromatic heterocycles. The first-order valence-corrected chi connectivity index (χ1v) is 14.6. The van der Waals surface area contributed by atoms with Crippen molar-refractivity contribution in [2.24, 2.45) is 5.92 Å². The number of ether oxygens (including phenoxy) is 1. The van der Waals surface area contributed by atoms with E-state index in [-0.39, 0.29) is 11.9 Å². The number of hydrogen-bond acceptors (Lipinski definition) is 7. The second-order valence-corrected chi connectivity index (χ2v) is 11.3. The number of nitrogens with one attached hydrogen (secondary N) is 2. The fourth-order valence-electron chi connectivity index (χ4n) is 6.49. The lowest BCUT2D eigenvalue weighted by molar-refractivity contribution is -0.157. The van der Waals surface area contributed by atoms with Crippen LogP contribution in [0.2, 0.25) is 0 Å². The number of carbonyl (C=O) groups excluding carboxylic acids is 1. The number of piperidine rings is 1. The lowest BCUT2D eigenvalue weighted by Gasteiger charge is -2.39. The minimum Gasteiger partial charge on any atom is -0.378 e. The molecule has 3 fully saturated rings. The van der Waals surface area contributed by atoms with Gasteiger partial charge in [0, 0.05) is 43.6 Å². The number of alkyl halides is 3. The van der Waals surface area contributed by atoms with Crippen LogP contribution in [0.15, 0.2) is 49.3 Å². The number of nitrogens with zero attached hydrogens (tertiary/aromatic N) is 5. The van der Waals surface area contributed by atoms with E-state index in [2.05, 4.69) is 36.6 Å². The van der Waals surface area contributed by atoms with Gasteiger partial charge in [-0.2, -0.15) is 13.2 Å². The van der Waals surface area contributed by atoms with Crippen LogP contribution in [0.5, 0.6) is 0 Å². The number of fused-ring (bicyclic) bond motifs is 1. The van der Waals surface area contributed by atoms with Crippen molar-refractivity contribution in [1.29, 1.82) is 0 Å². The van der Waals surface area contributed by atoms with Gasteiger partial charge in [-0.25, -0.2) is 9.97 Å². The number of hydrogen-bond donors (Lipinski definition) is 2. The van der Waals surface area contributed by atoms with Crippen LogP contribution in [0, 0.1) is 5.92 Å². The van der Waals surface area contributed by atoms with Crippen molar-refractivity contribution < 1.29 is 22.7 Å². The maximum atomic E-state index is 14.3. The fraction of sp³-hybridized carbons (Fsp3) is 0.500. The largest absolute Gasteiger partial charge is 0.408 e. The van der Waals surface area contributed by atoms with E-state index in [9.17, 15) is 18.0 Å². The molecular formula is C30H36F3N7O2. The van der Waals surface area contributed by atoms with E-state index >= 15 is 0 Å². The molecule has 3 saturated heterocycles. The first kappa shape index (κ1) is 28.5. The Kier molecular flexibility index (Phi) is 8.09. The van der Waals surface area contributed by atoms with Crippen LogP contribution >= 0.6 is 0 Å². The third-order valence-electron chi connectivity index (χ3n) is 8.80. The molecule has 6 rings (SSSR count). The first-order valence-electron chi connectivity index (χ1n) is 14.6. The normalized spacial score (nSPS) is 21.5. The lowest BCUT2D eigenvalue weighted by Crippen LogP contribution is -2.50. The molecule has 2 atom stereocenters. The highest BCUT2D eigenvalue weighted by Gasteiger charge is 2.46. The first-order chi connectivity index (χ1) is 20.3. The zero-order chi connectivity index (χ0) is 29.3. The van der Waals surface area contributed by atoms with Crippen molar-refractivity contribution in [1.82, 2.24) is 24.8 Å². The highest BCUT2D eigenvalue weighted by Crippen LogP contribution is 2.36. The Morgan fingerprint density at radius 3 is 2.50 bits per heavy atom. The van der Waals surface area contributed by atoms with Crippen LogP contribution in [-0.2, 0) is 9.53 Å².